The van der Waals surface area contributed by atoms with Crippen molar-refractivity contribution in [2.45, 2.75) is 19.9 Å². The van der Waals surface area contributed by atoms with Crippen molar-refractivity contribution in [2.75, 3.05) is 20.3 Å². The summed E-state index contributed by atoms with van der Waals surface area (Å²) in [6, 6.07) is 11.6. The Hall–Kier alpha value is -2.73. The molecule has 1 amide bonds. The molecular formula is C20H22ClNO5. The summed E-state index contributed by atoms with van der Waals surface area (Å²) in [6.45, 7) is 3.78. The predicted octanol–water partition coefficient (Wildman–Crippen LogP) is 3.78. The first kappa shape index (κ1) is 20.6. The number of hydrogen-bond acceptors (Lipinski definition) is 5. The molecule has 0 aliphatic heterocycles. The van der Waals surface area contributed by atoms with Gasteiger partial charge in [0.2, 0.25) is 0 Å². The molecule has 27 heavy (non-hydrogen) atoms. The van der Waals surface area contributed by atoms with Crippen LogP contribution < -0.4 is 14.8 Å². The second-order valence-electron chi connectivity index (χ2n) is 5.72. The third-order valence-electron chi connectivity index (χ3n) is 3.78. The van der Waals surface area contributed by atoms with Gasteiger partial charge in [-0.2, -0.15) is 0 Å². The molecule has 0 aliphatic carbocycles. The lowest BCUT2D eigenvalue weighted by Gasteiger charge is -2.15. The Morgan fingerprint density at radius 1 is 1.11 bits per heavy atom. The van der Waals surface area contributed by atoms with Crippen molar-refractivity contribution in [1.82, 2.24) is 5.32 Å². The van der Waals surface area contributed by atoms with Crippen molar-refractivity contribution in [1.29, 1.82) is 0 Å². The minimum atomic E-state index is -0.620. The van der Waals surface area contributed by atoms with Crippen LogP contribution in [0.3, 0.4) is 0 Å². The summed E-state index contributed by atoms with van der Waals surface area (Å²) < 4.78 is 15.7. The monoisotopic (exact) mass is 391 g/mol. The number of carbonyl (C=O) groups excluding carboxylic acids is 2. The maximum absolute atomic E-state index is 12.2. The Bertz CT molecular complexity index is 791. The van der Waals surface area contributed by atoms with E-state index in [1.54, 1.807) is 24.3 Å². The first-order valence-corrected chi connectivity index (χ1v) is 8.85. The molecule has 0 saturated heterocycles. The number of carbonyl (C=O) groups is 2. The van der Waals surface area contributed by atoms with Gasteiger partial charge in [0.25, 0.3) is 5.91 Å². The van der Waals surface area contributed by atoms with E-state index in [2.05, 4.69) is 5.32 Å². The van der Waals surface area contributed by atoms with Gasteiger partial charge >= 0.3 is 5.97 Å². The Labute approximate surface area is 163 Å². The number of hydrogen-bond donors (Lipinski definition) is 1. The van der Waals surface area contributed by atoms with Gasteiger partial charge in [0, 0.05) is 5.02 Å². The number of esters is 1. The zero-order valence-electron chi connectivity index (χ0n) is 15.5. The average molecular weight is 392 g/mol. The molecule has 7 heteroatoms. The molecule has 0 fully saturated rings. The summed E-state index contributed by atoms with van der Waals surface area (Å²) in [5.41, 5.74) is 1.17. The fraction of sp³-hybridized carbons (Fsp3) is 0.300. The molecule has 144 valence electrons. The van der Waals surface area contributed by atoms with E-state index in [1.165, 1.54) is 13.2 Å². The van der Waals surface area contributed by atoms with Crippen molar-refractivity contribution >= 4 is 23.5 Å². The van der Waals surface area contributed by atoms with Crippen LogP contribution in [0.5, 0.6) is 11.5 Å². The molecule has 1 N–H and O–H groups in total. The lowest BCUT2D eigenvalue weighted by Crippen LogP contribution is -2.31. The minimum absolute atomic E-state index is 0.237. The second kappa shape index (κ2) is 9.83. The van der Waals surface area contributed by atoms with Crippen LogP contribution in [0.1, 0.15) is 35.8 Å². The van der Waals surface area contributed by atoms with Crippen molar-refractivity contribution in [3.8, 4) is 11.5 Å². The molecule has 0 spiro atoms. The number of ether oxygens (including phenoxy) is 3. The van der Waals surface area contributed by atoms with Crippen LogP contribution in [0.4, 0.5) is 0 Å². The SMILES string of the molecule is CCOc1ccc(C(=O)OCC(=O)N[C@@H](C)c2ccc(Cl)cc2)cc1OC. The second-order valence-corrected chi connectivity index (χ2v) is 6.15. The van der Waals surface area contributed by atoms with Crippen LogP contribution in [0.2, 0.25) is 5.02 Å². The van der Waals surface area contributed by atoms with E-state index in [0.29, 0.717) is 23.1 Å². The summed E-state index contributed by atoms with van der Waals surface area (Å²) in [4.78, 5) is 24.2. The molecule has 6 nitrogen and oxygen atoms in total. The van der Waals surface area contributed by atoms with Crippen LogP contribution >= 0.6 is 11.6 Å². The van der Waals surface area contributed by atoms with E-state index in [1.807, 2.05) is 26.0 Å². The molecule has 0 aromatic heterocycles. The standard InChI is InChI=1S/C20H22ClNO5/c1-4-26-17-10-7-15(11-18(17)25-3)20(24)27-12-19(23)22-13(2)14-5-8-16(21)9-6-14/h5-11,13H,4,12H2,1-3H3,(H,22,23)/t13-/m0/s1. The molecule has 0 saturated carbocycles. The van der Waals surface area contributed by atoms with Crippen LogP contribution in [0.15, 0.2) is 42.5 Å². The highest BCUT2D eigenvalue weighted by Crippen LogP contribution is 2.28. The first-order chi connectivity index (χ1) is 12.9. The molecule has 2 aromatic rings. The van der Waals surface area contributed by atoms with Crippen molar-refractivity contribution in [3.05, 3.63) is 58.6 Å². The van der Waals surface area contributed by atoms with Crippen LogP contribution in [-0.4, -0.2) is 32.2 Å². The molecule has 0 aliphatic rings. The van der Waals surface area contributed by atoms with Gasteiger partial charge in [-0.3, -0.25) is 4.79 Å². The summed E-state index contributed by atoms with van der Waals surface area (Å²) in [5, 5.41) is 3.39. The normalized spacial score (nSPS) is 11.4. The molecule has 2 rings (SSSR count). The zero-order valence-corrected chi connectivity index (χ0v) is 16.2. The van der Waals surface area contributed by atoms with E-state index in [4.69, 9.17) is 25.8 Å². The Morgan fingerprint density at radius 2 is 1.81 bits per heavy atom. The molecule has 0 heterocycles. The third kappa shape index (κ3) is 5.89. The maximum atomic E-state index is 12.2. The fourth-order valence-electron chi connectivity index (χ4n) is 2.40. The van der Waals surface area contributed by atoms with E-state index in [-0.39, 0.29) is 18.2 Å². The van der Waals surface area contributed by atoms with Crippen LogP contribution in [-0.2, 0) is 9.53 Å². The summed E-state index contributed by atoms with van der Waals surface area (Å²) in [7, 11) is 1.48. The van der Waals surface area contributed by atoms with E-state index in [0.717, 1.165) is 5.56 Å². The van der Waals surface area contributed by atoms with Crippen LogP contribution in [0.25, 0.3) is 0 Å². The summed E-state index contributed by atoms with van der Waals surface area (Å²) in [6.07, 6.45) is 0. The van der Waals surface area contributed by atoms with Gasteiger partial charge < -0.3 is 19.5 Å². The van der Waals surface area contributed by atoms with Gasteiger partial charge in [-0.1, -0.05) is 23.7 Å². The van der Waals surface area contributed by atoms with Crippen LogP contribution in [0, 0.1) is 0 Å². The molecule has 0 bridgehead atoms. The smallest absolute Gasteiger partial charge is 0.338 e. The molecule has 1 atom stereocenters. The number of methoxy groups -OCH3 is 1. The topological polar surface area (TPSA) is 73.9 Å². The number of rotatable bonds is 8. The van der Waals surface area contributed by atoms with Gasteiger partial charge in [0.1, 0.15) is 0 Å². The van der Waals surface area contributed by atoms with E-state index >= 15 is 0 Å². The highest BCUT2D eigenvalue weighted by Gasteiger charge is 2.15. The number of nitrogens with one attached hydrogen (secondary N) is 1. The largest absolute Gasteiger partial charge is 0.493 e. The maximum Gasteiger partial charge on any atom is 0.338 e. The highest BCUT2D eigenvalue weighted by atomic mass is 35.5. The minimum Gasteiger partial charge on any atom is -0.493 e. The molecular weight excluding hydrogens is 370 g/mol. The summed E-state index contributed by atoms with van der Waals surface area (Å²) in [5.74, 6) is -0.0625. The van der Waals surface area contributed by atoms with Gasteiger partial charge in [-0.15, -0.1) is 0 Å². The average Bonchev–Trinajstić information content (AvgIpc) is 2.67. The molecule has 0 radical (unpaired) electrons. The Kier molecular flexibility index (Phi) is 7.49. The third-order valence-corrected chi connectivity index (χ3v) is 4.03. The van der Waals surface area contributed by atoms with Crippen molar-refractivity contribution in [3.63, 3.8) is 0 Å². The van der Waals surface area contributed by atoms with Crippen molar-refractivity contribution < 1.29 is 23.8 Å². The number of amides is 1. The molecule has 0 unspecified atom stereocenters. The quantitative estimate of drug-likeness (QED) is 0.693. The van der Waals surface area contributed by atoms with Gasteiger partial charge in [-0.25, -0.2) is 4.79 Å². The first-order valence-electron chi connectivity index (χ1n) is 8.47. The van der Waals surface area contributed by atoms with Crippen molar-refractivity contribution in [2.24, 2.45) is 0 Å². The highest BCUT2D eigenvalue weighted by molar-refractivity contribution is 6.30. The van der Waals surface area contributed by atoms with Gasteiger partial charge in [0.05, 0.1) is 25.3 Å². The lowest BCUT2D eigenvalue weighted by molar-refractivity contribution is -0.124. The van der Waals surface area contributed by atoms with Gasteiger partial charge in [-0.05, 0) is 49.7 Å². The number of halogens is 1. The van der Waals surface area contributed by atoms with Gasteiger partial charge in [0.15, 0.2) is 18.1 Å². The zero-order chi connectivity index (χ0) is 19.8. The fourth-order valence-corrected chi connectivity index (χ4v) is 2.53. The summed E-state index contributed by atoms with van der Waals surface area (Å²) >= 11 is 5.85. The molecule has 2 aromatic carbocycles. The number of benzene rings is 2. The Balaban J connectivity index is 1.90. The predicted molar refractivity (Wildman–Crippen MR) is 102 cm³/mol. The lowest BCUT2D eigenvalue weighted by atomic mass is 10.1. The van der Waals surface area contributed by atoms with E-state index in [9.17, 15) is 9.59 Å². The Morgan fingerprint density at radius 3 is 2.44 bits per heavy atom. The van der Waals surface area contributed by atoms with E-state index < -0.39 is 11.9 Å².